The van der Waals surface area contributed by atoms with Gasteiger partial charge in [-0.15, -0.1) is 0 Å². The van der Waals surface area contributed by atoms with Crippen LogP contribution in [-0.4, -0.2) is 19.5 Å². The van der Waals surface area contributed by atoms with E-state index in [0.717, 1.165) is 16.9 Å². The maximum atomic E-state index is 4.40. The van der Waals surface area contributed by atoms with Crippen molar-refractivity contribution in [2.45, 2.75) is 38.6 Å². The van der Waals surface area contributed by atoms with Gasteiger partial charge in [-0.25, -0.2) is 15.0 Å². The number of hydrogen-bond donors (Lipinski definition) is 0. The molecule has 0 radical (unpaired) electrons. The van der Waals surface area contributed by atoms with Crippen LogP contribution in [0, 0.1) is 6.92 Å². The van der Waals surface area contributed by atoms with Gasteiger partial charge >= 0.3 is 0 Å². The highest BCUT2D eigenvalue weighted by atomic mass is 15.1. The van der Waals surface area contributed by atoms with Gasteiger partial charge in [0.1, 0.15) is 11.8 Å². The first-order valence-corrected chi connectivity index (χ1v) is 5.50. The molecule has 2 aromatic rings. The van der Waals surface area contributed by atoms with Crippen molar-refractivity contribution >= 4 is 11.2 Å². The topological polar surface area (TPSA) is 43.6 Å². The van der Waals surface area contributed by atoms with Crippen LogP contribution >= 0.6 is 0 Å². The summed E-state index contributed by atoms with van der Waals surface area (Å²) in [7, 11) is 0. The van der Waals surface area contributed by atoms with Crippen LogP contribution in [0.25, 0.3) is 11.2 Å². The molecule has 0 unspecified atom stereocenters. The van der Waals surface area contributed by atoms with E-state index < -0.39 is 0 Å². The Labute approximate surface area is 88.4 Å². The molecule has 0 aromatic carbocycles. The Kier molecular flexibility index (Phi) is 1.94. The molecule has 78 valence electrons. The van der Waals surface area contributed by atoms with E-state index in [1.165, 1.54) is 25.7 Å². The fourth-order valence-corrected chi connectivity index (χ4v) is 2.42. The molecule has 0 atom stereocenters. The molecule has 4 heteroatoms. The molecule has 1 saturated carbocycles. The number of aromatic nitrogens is 4. The van der Waals surface area contributed by atoms with Crippen molar-refractivity contribution in [3.05, 3.63) is 18.3 Å². The van der Waals surface area contributed by atoms with E-state index in [1.807, 2.05) is 13.3 Å². The molecule has 0 bridgehead atoms. The predicted molar refractivity (Wildman–Crippen MR) is 57.6 cm³/mol. The highest BCUT2D eigenvalue weighted by Gasteiger charge is 2.19. The average molecular weight is 202 g/mol. The standard InChI is InChI=1S/C11H14N4/c1-8-10-11(13-6-12-8)15(7-14-10)9-4-2-3-5-9/h6-7,9H,2-5H2,1H3. The lowest BCUT2D eigenvalue weighted by atomic mass is 10.2. The van der Waals surface area contributed by atoms with Gasteiger partial charge in [0, 0.05) is 6.04 Å². The monoisotopic (exact) mass is 202 g/mol. The first kappa shape index (κ1) is 8.83. The Hall–Kier alpha value is -1.45. The molecule has 3 rings (SSSR count). The maximum absolute atomic E-state index is 4.40. The summed E-state index contributed by atoms with van der Waals surface area (Å²) in [6, 6.07) is 0.601. The third-order valence-corrected chi connectivity index (χ3v) is 3.26. The lowest BCUT2D eigenvalue weighted by Crippen LogP contribution is -2.04. The van der Waals surface area contributed by atoms with E-state index in [0.29, 0.717) is 6.04 Å². The molecule has 1 aliphatic rings. The summed E-state index contributed by atoms with van der Waals surface area (Å²) < 4.78 is 2.22. The molecule has 0 spiro atoms. The van der Waals surface area contributed by atoms with Gasteiger partial charge in [0.2, 0.25) is 0 Å². The maximum Gasteiger partial charge on any atom is 0.163 e. The summed E-state index contributed by atoms with van der Waals surface area (Å²) >= 11 is 0. The van der Waals surface area contributed by atoms with Crippen LogP contribution in [0.15, 0.2) is 12.7 Å². The number of fused-ring (bicyclic) bond motifs is 1. The zero-order chi connectivity index (χ0) is 10.3. The zero-order valence-corrected chi connectivity index (χ0v) is 8.85. The van der Waals surface area contributed by atoms with Crippen LogP contribution in [-0.2, 0) is 0 Å². The minimum Gasteiger partial charge on any atom is -0.312 e. The second-order valence-electron chi connectivity index (χ2n) is 4.22. The number of nitrogens with zero attached hydrogens (tertiary/aromatic N) is 4. The molecule has 15 heavy (non-hydrogen) atoms. The van der Waals surface area contributed by atoms with Gasteiger partial charge in [0.15, 0.2) is 5.65 Å². The highest BCUT2D eigenvalue weighted by Crippen LogP contribution is 2.31. The summed E-state index contributed by atoms with van der Waals surface area (Å²) in [5.41, 5.74) is 2.91. The molecule has 2 heterocycles. The van der Waals surface area contributed by atoms with Crippen molar-refractivity contribution in [2.75, 3.05) is 0 Å². The fourth-order valence-electron chi connectivity index (χ4n) is 2.42. The Balaban J connectivity index is 2.15. The van der Waals surface area contributed by atoms with Gasteiger partial charge in [0.05, 0.1) is 12.0 Å². The minimum absolute atomic E-state index is 0.601. The Morgan fingerprint density at radius 3 is 2.80 bits per heavy atom. The largest absolute Gasteiger partial charge is 0.312 e. The van der Waals surface area contributed by atoms with Gasteiger partial charge in [0.25, 0.3) is 0 Å². The van der Waals surface area contributed by atoms with Crippen molar-refractivity contribution < 1.29 is 0 Å². The van der Waals surface area contributed by atoms with Gasteiger partial charge in [-0.3, -0.25) is 0 Å². The van der Waals surface area contributed by atoms with E-state index in [-0.39, 0.29) is 0 Å². The van der Waals surface area contributed by atoms with Gasteiger partial charge in [-0.05, 0) is 19.8 Å². The summed E-state index contributed by atoms with van der Waals surface area (Å²) in [6.45, 7) is 1.98. The van der Waals surface area contributed by atoms with E-state index in [4.69, 9.17) is 0 Å². The van der Waals surface area contributed by atoms with Crippen LogP contribution < -0.4 is 0 Å². The molecule has 4 nitrogen and oxygen atoms in total. The van der Waals surface area contributed by atoms with Crippen LogP contribution in [0.5, 0.6) is 0 Å². The van der Waals surface area contributed by atoms with Crippen molar-refractivity contribution in [1.29, 1.82) is 0 Å². The average Bonchev–Trinajstić information content (AvgIpc) is 2.85. The quantitative estimate of drug-likeness (QED) is 0.712. The third kappa shape index (κ3) is 1.32. The Morgan fingerprint density at radius 2 is 2.00 bits per heavy atom. The third-order valence-electron chi connectivity index (χ3n) is 3.26. The lowest BCUT2D eigenvalue weighted by Gasteiger charge is -2.10. The van der Waals surface area contributed by atoms with Crippen LogP contribution in [0.4, 0.5) is 0 Å². The summed E-state index contributed by atoms with van der Waals surface area (Å²) in [6.07, 6.45) is 8.72. The normalized spacial score (nSPS) is 17.7. The molecule has 1 aliphatic carbocycles. The van der Waals surface area contributed by atoms with E-state index in [1.54, 1.807) is 6.33 Å². The fraction of sp³-hybridized carbons (Fsp3) is 0.545. The summed E-state index contributed by atoms with van der Waals surface area (Å²) in [5, 5.41) is 0. The molecule has 0 amide bonds. The predicted octanol–water partition coefficient (Wildman–Crippen LogP) is 2.25. The van der Waals surface area contributed by atoms with Gasteiger partial charge in [-0.2, -0.15) is 0 Å². The van der Waals surface area contributed by atoms with Crippen molar-refractivity contribution in [2.24, 2.45) is 0 Å². The molecule has 1 fully saturated rings. The number of hydrogen-bond acceptors (Lipinski definition) is 3. The molecule has 2 aromatic heterocycles. The summed E-state index contributed by atoms with van der Waals surface area (Å²) in [5.74, 6) is 0. The van der Waals surface area contributed by atoms with Crippen molar-refractivity contribution in [1.82, 2.24) is 19.5 Å². The first-order valence-electron chi connectivity index (χ1n) is 5.50. The second-order valence-corrected chi connectivity index (χ2v) is 4.22. The van der Waals surface area contributed by atoms with Crippen LogP contribution in [0.2, 0.25) is 0 Å². The molecular formula is C11H14N4. The molecular weight excluding hydrogens is 188 g/mol. The summed E-state index contributed by atoms with van der Waals surface area (Å²) in [4.78, 5) is 12.9. The number of imidazole rings is 1. The number of aryl methyl sites for hydroxylation is 1. The lowest BCUT2D eigenvalue weighted by molar-refractivity contribution is 0.529. The first-order chi connectivity index (χ1) is 7.36. The Morgan fingerprint density at radius 1 is 1.20 bits per heavy atom. The van der Waals surface area contributed by atoms with E-state index in [9.17, 15) is 0 Å². The van der Waals surface area contributed by atoms with E-state index in [2.05, 4.69) is 19.5 Å². The van der Waals surface area contributed by atoms with Crippen LogP contribution in [0.3, 0.4) is 0 Å². The van der Waals surface area contributed by atoms with Gasteiger partial charge in [-0.1, -0.05) is 12.8 Å². The van der Waals surface area contributed by atoms with E-state index >= 15 is 0 Å². The zero-order valence-electron chi connectivity index (χ0n) is 8.85. The SMILES string of the molecule is Cc1ncnc2c1ncn2C1CCCC1. The van der Waals surface area contributed by atoms with Crippen molar-refractivity contribution in [3.63, 3.8) is 0 Å². The Bertz CT molecular complexity index is 482. The molecule has 0 saturated heterocycles. The smallest absolute Gasteiger partial charge is 0.163 e. The second kappa shape index (κ2) is 3.29. The highest BCUT2D eigenvalue weighted by molar-refractivity contribution is 5.72. The molecule has 0 aliphatic heterocycles. The van der Waals surface area contributed by atoms with Gasteiger partial charge < -0.3 is 4.57 Å². The van der Waals surface area contributed by atoms with Crippen molar-refractivity contribution in [3.8, 4) is 0 Å². The van der Waals surface area contributed by atoms with Crippen LogP contribution in [0.1, 0.15) is 37.4 Å². The number of rotatable bonds is 1. The minimum atomic E-state index is 0.601. The molecule has 0 N–H and O–H groups in total.